The highest BCUT2D eigenvalue weighted by molar-refractivity contribution is 4.72. The molecule has 746 valence electrons. The summed E-state index contributed by atoms with van der Waals surface area (Å²) in [4.78, 5) is 19.7. The summed E-state index contributed by atoms with van der Waals surface area (Å²) in [7, 11) is 19.1. The van der Waals surface area contributed by atoms with E-state index in [-0.39, 0.29) is 7.43 Å². The van der Waals surface area contributed by atoms with Gasteiger partial charge >= 0.3 is 0 Å². The number of unbranched alkanes of at least 4 members (excludes halogenated alkanes) is 5. The van der Waals surface area contributed by atoms with E-state index in [0.717, 1.165) is 123 Å². The van der Waals surface area contributed by atoms with E-state index in [1.165, 1.54) is 304 Å². The third-order valence-electron chi connectivity index (χ3n) is 21.6. The minimum atomic E-state index is 0. The zero-order valence-corrected chi connectivity index (χ0v) is 90.9. The van der Waals surface area contributed by atoms with Gasteiger partial charge in [0.15, 0.2) is 0 Å². The Hall–Kier alpha value is -0.600. The summed E-state index contributed by atoms with van der Waals surface area (Å²) in [5.41, 5.74) is 0. The Labute approximate surface area is 771 Å². The Morgan fingerprint density at radius 3 is 0.959 bits per heavy atom. The maximum atomic E-state index is 3.47. The van der Waals surface area contributed by atoms with E-state index < -0.39 is 0 Å². The zero-order valence-electron chi connectivity index (χ0n) is 90.9. The van der Waals surface area contributed by atoms with Gasteiger partial charge in [0, 0.05) is 65.4 Å². The van der Waals surface area contributed by atoms with Crippen molar-refractivity contribution in [2.24, 2.45) is 71.0 Å². The number of rotatable bonds is 67. The molecule has 0 amide bonds. The van der Waals surface area contributed by atoms with E-state index >= 15 is 0 Å². The zero-order chi connectivity index (χ0) is 93.4. The molecule has 0 aromatic carbocycles. The van der Waals surface area contributed by atoms with Gasteiger partial charge in [0.1, 0.15) is 0 Å². The summed E-state index contributed by atoms with van der Waals surface area (Å²) in [5.74, 6) is 10.0. The molecule has 0 bridgehead atoms. The van der Waals surface area contributed by atoms with Crippen molar-refractivity contribution in [2.75, 3.05) is 253 Å². The summed E-state index contributed by atoms with van der Waals surface area (Å²) in [6.45, 7) is 101. The Bertz CT molecular complexity index is 1700. The molecule has 1 heterocycles. The van der Waals surface area contributed by atoms with Gasteiger partial charge in [-0.3, -0.25) is 0 Å². The van der Waals surface area contributed by atoms with Crippen LogP contribution < -0.4 is 37.2 Å². The second-order valence-electron chi connectivity index (χ2n) is 40.9. The quantitative estimate of drug-likeness (QED) is 0.0293. The maximum Gasteiger partial charge on any atom is 0.0110 e. The summed E-state index contributed by atoms with van der Waals surface area (Å²) >= 11 is 0. The van der Waals surface area contributed by atoms with Crippen molar-refractivity contribution < 1.29 is 0 Å². The van der Waals surface area contributed by atoms with Crippen molar-refractivity contribution in [3.8, 4) is 0 Å². The summed E-state index contributed by atoms with van der Waals surface area (Å²) < 4.78 is 0. The molecular weight excluding hydrogens is 1480 g/mol. The fourth-order valence-electron chi connectivity index (χ4n) is 12.2. The van der Waals surface area contributed by atoms with Gasteiger partial charge in [-0.1, -0.05) is 247 Å². The van der Waals surface area contributed by atoms with Crippen molar-refractivity contribution in [2.45, 2.75) is 375 Å². The molecule has 121 heavy (non-hydrogen) atoms. The first-order valence-electron chi connectivity index (χ1n) is 52.1. The smallest absolute Gasteiger partial charge is 0.0110 e. The molecule has 0 spiro atoms. The van der Waals surface area contributed by atoms with Crippen LogP contribution in [0.5, 0.6) is 0 Å². The topological polar surface area (TPSA) is 110 Å². The van der Waals surface area contributed by atoms with E-state index in [4.69, 9.17) is 0 Å². The van der Waals surface area contributed by atoms with Gasteiger partial charge in [0.25, 0.3) is 0 Å². The van der Waals surface area contributed by atoms with Gasteiger partial charge in [0.2, 0.25) is 0 Å². The van der Waals surface area contributed by atoms with Crippen LogP contribution in [0.15, 0.2) is 0 Å². The molecule has 0 aliphatic carbocycles. The molecule has 1 aliphatic heterocycles. The van der Waals surface area contributed by atoms with Crippen LogP contribution in [0.25, 0.3) is 0 Å². The first-order valence-corrected chi connectivity index (χ1v) is 52.1. The lowest BCUT2D eigenvalue weighted by molar-refractivity contribution is 0.129. The lowest BCUT2D eigenvalue weighted by atomic mass is 9.98. The predicted octanol–water partition coefficient (Wildman–Crippen LogP) is 23.8. The number of piperazine rings is 1. The lowest BCUT2D eigenvalue weighted by Gasteiger charge is -2.34. The van der Waals surface area contributed by atoms with Gasteiger partial charge in [-0.25, -0.2) is 0 Å². The van der Waals surface area contributed by atoms with Crippen molar-refractivity contribution in [3.05, 3.63) is 0 Å². The molecule has 15 heteroatoms. The normalized spacial score (nSPS) is 12.6. The Morgan fingerprint density at radius 1 is 0.240 bits per heavy atom. The van der Waals surface area contributed by atoms with Gasteiger partial charge < -0.3 is 76.4 Å². The molecule has 0 aromatic rings. The number of hydrogen-bond acceptors (Lipinski definition) is 15. The average Bonchev–Trinajstić information content (AvgIpc) is 0.912. The summed E-state index contributed by atoms with van der Waals surface area (Å²) in [5, 5.41) is 23.3. The standard InChI is InChI=1S/C14H30N2.C12H28N2.C11H27N3.2C11H25N.2C10H23N.C9H22N2.C9H21N.C8H19N.CH4/c1-4-5-8-15-10-12-16(13-11-15)9-6-7-14(2)3;1-12(2)8-6-10-14(5)11-7-9-13(3)4;1-11(2)5-8-14(9-6-12-3)10-7-13-4;1-5-6-9-12(4)10-7-8-11(2)3;1-4-5-9-12-10-7-6-8-11(2)3;1-8(2)6-11-7-10(5)9(3)4;1-4-5-8-11-9-6-7-10(2)3;1-9(2)5-7-11(4)8-6-10-3;1-5-7-10(4)8-6-9(2)3;1-4-6-9-7-5-8(2)3;/h14H,4-13H2,1-3H3;12H,6-11H2,1-5H3;11-13H,5-10H2,1-4H3;11H,5-10H2,1-4H3;11-12H,4-10H2,1-3H3;8-11H,6-7H2,1-5H3;10-11H,4-9H2,1-3H3;9-10H,5-8H2,1-4H3;9H,5-8H2,1-4H3;8-9H,4-7H2,1-3H3;1H4. The third kappa shape index (κ3) is 151. The minimum absolute atomic E-state index is 0. The van der Waals surface area contributed by atoms with Gasteiger partial charge in [0.05, 0.1) is 0 Å². The van der Waals surface area contributed by atoms with Crippen LogP contribution >= 0.6 is 0 Å². The van der Waals surface area contributed by atoms with Gasteiger partial charge in [-0.05, 0) is 387 Å². The summed E-state index contributed by atoms with van der Waals surface area (Å²) in [6, 6.07) is 0. The molecule has 0 radical (unpaired) electrons. The largest absolute Gasteiger partial charge is 0.318 e. The van der Waals surface area contributed by atoms with Crippen LogP contribution in [0.1, 0.15) is 375 Å². The van der Waals surface area contributed by atoms with E-state index in [0.29, 0.717) is 0 Å². The van der Waals surface area contributed by atoms with Crippen LogP contribution in [0.2, 0.25) is 0 Å². The van der Waals surface area contributed by atoms with E-state index in [9.17, 15) is 0 Å². The van der Waals surface area contributed by atoms with E-state index in [1.807, 2.05) is 21.1 Å². The Morgan fingerprint density at radius 2 is 0.579 bits per heavy atom. The highest BCUT2D eigenvalue weighted by Crippen LogP contribution is 2.12. The van der Waals surface area contributed by atoms with Gasteiger partial charge in [-0.2, -0.15) is 0 Å². The van der Waals surface area contributed by atoms with Crippen molar-refractivity contribution >= 4 is 0 Å². The fourth-order valence-corrected chi connectivity index (χ4v) is 12.2. The fraction of sp³-hybridized carbons (Fsp3) is 1.00. The molecule has 1 fully saturated rings. The number of likely N-dealkylation sites (N-methyl/N-ethyl adjacent to an activating group) is 4. The van der Waals surface area contributed by atoms with Crippen LogP contribution in [0.4, 0.5) is 0 Å². The number of nitrogens with zero attached hydrogens (tertiary/aromatic N) is 8. The molecule has 1 unspecified atom stereocenters. The molecule has 15 nitrogen and oxygen atoms in total. The van der Waals surface area contributed by atoms with Crippen LogP contribution in [0.3, 0.4) is 0 Å². The second-order valence-corrected chi connectivity index (χ2v) is 40.9. The summed E-state index contributed by atoms with van der Waals surface area (Å²) in [6.07, 6.45) is 34.7. The number of nitrogens with one attached hydrogen (secondary N) is 7. The molecule has 0 saturated carbocycles. The van der Waals surface area contributed by atoms with Gasteiger partial charge in [-0.15, -0.1) is 0 Å². The average molecular weight is 1730 g/mol. The van der Waals surface area contributed by atoms with Crippen molar-refractivity contribution in [3.63, 3.8) is 0 Å². The van der Waals surface area contributed by atoms with Crippen LogP contribution in [-0.4, -0.2) is 292 Å². The SMILES string of the molecule is C.CC(C)CCCN(C)CCCN(C)C.CC(C)CNCC(C)C(C)C.CCCCN(C)CCCC(C)C.CCCCN1CCN(CCCC(C)C)CC1.CCCCNCCCC(C)C.CCCCNCCCCC(C)C.CCCN(C)CCC(C)C.CCCNCCC(C)C.CNCCN(C)CCC(C)C.CNCCN(CCNC)CCC(C)C. The molecule has 1 atom stereocenters. The van der Waals surface area contributed by atoms with E-state index in [1.54, 1.807) is 0 Å². The molecule has 0 aromatic heterocycles. The van der Waals surface area contributed by atoms with Crippen LogP contribution in [0, 0.1) is 71.0 Å². The van der Waals surface area contributed by atoms with Crippen LogP contribution in [-0.2, 0) is 0 Å². The second kappa shape index (κ2) is 114. The van der Waals surface area contributed by atoms with Crippen molar-refractivity contribution in [1.82, 2.24) is 76.4 Å². The minimum Gasteiger partial charge on any atom is -0.318 e. The monoisotopic (exact) mass is 1730 g/mol. The lowest BCUT2D eigenvalue weighted by Crippen LogP contribution is -2.46. The molecule has 1 saturated heterocycles. The molecule has 7 N–H and O–H groups in total. The molecular formula is C106H247N15. The van der Waals surface area contributed by atoms with Crippen molar-refractivity contribution in [1.29, 1.82) is 0 Å². The molecule has 1 aliphatic rings. The Kier molecular flexibility index (Phi) is 132. The first-order chi connectivity index (χ1) is 56.8. The first kappa shape index (κ1) is 141. The maximum absolute atomic E-state index is 3.47. The third-order valence-corrected chi connectivity index (χ3v) is 21.6. The van der Waals surface area contributed by atoms with E-state index in [2.05, 4.69) is 319 Å². The predicted molar refractivity (Wildman–Crippen MR) is 564 cm³/mol. The highest BCUT2D eigenvalue weighted by atomic mass is 15.3. The Balaban J connectivity index is -0.000000142. The molecule has 1 rings (SSSR count). The highest BCUT2D eigenvalue weighted by Gasteiger charge is 2.16. The number of hydrogen-bond donors (Lipinski definition) is 7.